The highest BCUT2D eigenvalue weighted by molar-refractivity contribution is 5.67. The molecule has 0 aromatic heterocycles. The number of hydrogen-bond acceptors (Lipinski definition) is 6. The average molecular weight is 714 g/mol. The molecule has 1 amide bonds. The van der Waals surface area contributed by atoms with Crippen LogP contribution in [0.15, 0.2) is 0 Å². The summed E-state index contributed by atoms with van der Waals surface area (Å²) in [5.74, 6) is 0. The van der Waals surface area contributed by atoms with Crippen molar-refractivity contribution >= 4 is 6.09 Å². The molecule has 7 heteroatoms. The van der Waals surface area contributed by atoms with Gasteiger partial charge in [0, 0.05) is 33.3 Å². The predicted molar refractivity (Wildman–Crippen MR) is 212 cm³/mol. The topological polar surface area (TPSA) is 75.3 Å². The number of methoxy groups -OCH3 is 1. The number of carbonyl (C=O) groups is 1. The highest BCUT2D eigenvalue weighted by atomic mass is 16.6. The first-order chi connectivity index (χ1) is 24.2. The summed E-state index contributed by atoms with van der Waals surface area (Å²) in [6.07, 6.45) is 32.7. The van der Waals surface area contributed by atoms with Crippen molar-refractivity contribution in [3.8, 4) is 0 Å². The lowest BCUT2D eigenvalue weighted by atomic mass is 10.0. The number of alkyl carbamates (subject to hydrolysis) is 1. The summed E-state index contributed by atoms with van der Waals surface area (Å²) in [7, 11) is 1.72. The Balaban J connectivity index is 4.29. The van der Waals surface area contributed by atoms with Crippen molar-refractivity contribution in [3.63, 3.8) is 0 Å². The van der Waals surface area contributed by atoms with Crippen LogP contribution in [-0.4, -0.2) is 70.1 Å². The third-order valence-electron chi connectivity index (χ3n) is 9.96. The fourth-order valence-corrected chi connectivity index (χ4v) is 6.00. The van der Waals surface area contributed by atoms with Gasteiger partial charge in [-0.15, -0.1) is 0 Å². The van der Waals surface area contributed by atoms with E-state index in [1.165, 1.54) is 141 Å². The summed E-state index contributed by atoms with van der Waals surface area (Å²) in [5, 5.41) is 2.91. The minimum Gasteiger partial charge on any atom is -0.449 e. The molecule has 0 aliphatic carbocycles. The monoisotopic (exact) mass is 714 g/mol. The number of hydrogen-bond donors (Lipinski definition) is 1. The number of rotatable bonds is 39. The van der Waals surface area contributed by atoms with Crippen LogP contribution in [0, 0.1) is 0 Å². The van der Waals surface area contributed by atoms with E-state index in [1.54, 1.807) is 7.11 Å². The molecule has 0 saturated carbocycles. The second-order valence-electron chi connectivity index (χ2n) is 15.9. The molecule has 0 radical (unpaired) electrons. The van der Waals surface area contributed by atoms with E-state index in [0.29, 0.717) is 39.4 Å². The standard InChI is InChI=1S/C43H87NO6/c1-8-10-12-14-16-18-20-22-24-26-28-30-34-47-39-40(48-35-31-29-27-25-23-21-19-17-15-13-11-9-2)38-44-41(45)49-36-32-43(5,6)50-37-33-42(3,4)46-7/h40H,8-39H2,1-7H3,(H,44,45)/t40-/m0/s1. The van der Waals surface area contributed by atoms with Gasteiger partial charge in [0.1, 0.15) is 0 Å². The van der Waals surface area contributed by atoms with Crippen LogP contribution in [0.3, 0.4) is 0 Å². The van der Waals surface area contributed by atoms with Gasteiger partial charge in [-0.05, 0) is 47.0 Å². The first kappa shape index (κ1) is 49.1. The van der Waals surface area contributed by atoms with Gasteiger partial charge in [-0.2, -0.15) is 0 Å². The van der Waals surface area contributed by atoms with Crippen LogP contribution in [-0.2, 0) is 23.7 Å². The lowest BCUT2D eigenvalue weighted by molar-refractivity contribution is -0.0663. The molecule has 0 aliphatic rings. The normalized spacial score (nSPS) is 12.8. The Labute approximate surface area is 311 Å². The van der Waals surface area contributed by atoms with Crippen molar-refractivity contribution in [3.05, 3.63) is 0 Å². The van der Waals surface area contributed by atoms with Gasteiger partial charge in [0.05, 0.1) is 37.1 Å². The Hall–Kier alpha value is -0.890. The maximum absolute atomic E-state index is 12.5. The van der Waals surface area contributed by atoms with E-state index in [-0.39, 0.29) is 17.3 Å². The zero-order valence-corrected chi connectivity index (χ0v) is 34.7. The Kier molecular flexibility index (Phi) is 34.5. The van der Waals surface area contributed by atoms with E-state index in [9.17, 15) is 4.79 Å². The summed E-state index contributed by atoms with van der Waals surface area (Å²) >= 11 is 0. The fraction of sp³-hybridized carbons (Fsp3) is 0.977. The lowest BCUT2D eigenvalue weighted by Crippen LogP contribution is -2.38. The number of carbonyl (C=O) groups excluding carboxylic acids is 1. The van der Waals surface area contributed by atoms with Crippen LogP contribution in [0.25, 0.3) is 0 Å². The van der Waals surface area contributed by atoms with Gasteiger partial charge in [0.25, 0.3) is 0 Å². The van der Waals surface area contributed by atoms with E-state index < -0.39 is 6.09 Å². The van der Waals surface area contributed by atoms with Gasteiger partial charge in [0.15, 0.2) is 0 Å². The van der Waals surface area contributed by atoms with Gasteiger partial charge in [-0.25, -0.2) is 4.79 Å². The smallest absolute Gasteiger partial charge is 0.407 e. The first-order valence-electron chi connectivity index (χ1n) is 21.4. The predicted octanol–water partition coefficient (Wildman–Crippen LogP) is 12.5. The summed E-state index contributed by atoms with van der Waals surface area (Å²) in [6, 6.07) is 0. The fourth-order valence-electron chi connectivity index (χ4n) is 6.00. The van der Waals surface area contributed by atoms with Gasteiger partial charge in [-0.3, -0.25) is 0 Å². The van der Waals surface area contributed by atoms with Crippen LogP contribution in [0.1, 0.15) is 208 Å². The molecule has 0 rings (SSSR count). The third-order valence-corrected chi connectivity index (χ3v) is 9.96. The third kappa shape index (κ3) is 35.5. The number of ether oxygens (including phenoxy) is 5. The molecule has 0 unspecified atom stereocenters. The molecular formula is C43H87NO6. The Bertz CT molecular complexity index is 716. The summed E-state index contributed by atoms with van der Waals surface area (Å²) in [6.45, 7) is 15.9. The molecule has 0 heterocycles. The molecule has 1 atom stereocenters. The first-order valence-corrected chi connectivity index (χ1v) is 21.4. The van der Waals surface area contributed by atoms with Crippen molar-refractivity contribution in [2.45, 2.75) is 226 Å². The summed E-state index contributed by atoms with van der Waals surface area (Å²) in [4.78, 5) is 12.5. The van der Waals surface area contributed by atoms with Crippen molar-refractivity contribution in [1.82, 2.24) is 5.32 Å². The number of amides is 1. The second-order valence-corrected chi connectivity index (χ2v) is 15.9. The van der Waals surface area contributed by atoms with Crippen LogP contribution in [0.2, 0.25) is 0 Å². The van der Waals surface area contributed by atoms with Crippen molar-refractivity contribution < 1.29 is 28.5 Å². The molecule has 0 spiro atoms. The van der Waals surface area contributed by atoms with Crippen LogP contribution >= 0.6 is 0 Å². The molecule has 1 N–H and O–H groups in total. The van der Waals surface area contributed by atoms with Crippen LogP contribution < -0.4 is 5.32 Å². The number of unbranched alkanes of at least 4 members (excludes halogenated alkanes) is 22. The molecule has 300 valence electrons. The molecule has 50 heavy (non-hydrogen) atoms. The molecule has 0 bridgehead atoms. The molecule has 7 nitrogen and oxygen atoms in total. The van der Waals surface area contributed by atoms with Gasteiger partial charge in [0.2, 0.25) is 0 Å². The number of nitrogens with one attached hydrogen (secondary N) is 1. The Morgan fingerprint density at radius 2 is 0.960 bits per heavy atom. The minimum absolute atomic E-state index is 0.170. The van der Waals surface area contributed by atoms with Crippen molar-refractivity contribution in [1.29, 1.82) is 0 Å². The second kappa shape index (κ2) is 35.2. The maximum Gasteiger partial charge on any atom is 0.407 e. The largest absolute Gasteiger partial charge is 0.449 e. The average Bonchev–Trinajstić information content (AvgIpc) is 3.08. The van der Waals surface area contributed by atoms with E-state index in [0.717, 1.165) is 25.9 Å². The maximum atomic E-state index is 12.5. The Morgan fingerprint density at radius 3 is 1.42 bits per heavy atom. The van der Waals surface area contributed by atoms with Crippen molar-refractivity contribution in [2.75, 3.05) is 46.7 Å². The zero-order chi connectivity index (χ0) is 37.0. The SMILES string of the molecule is CCCCCCCCCCCCCCOC[C@H](CNC(=O)OCCC(C)(C)OCCC(C)(C)OC)OCCCCCCCCCCCCCC. The van der Waals surface area contributed by atoms with Gasteiger partial charge in [-0.1, -0.05) is 155 Å². The quantitative estimate of drug-likeness (QED) is 0.0639. The molecule has 0 aliphatic heterocycles. The molecule has 0 fully saturated rings. The Morgan fingerprint density at radius 1 is 0.540 bits per heavy atom. The van der Waals surface area contributed by atoms with E-state index in [2.05, 4.69) is 33.0 Å². The van der Waals surface area contributed by atoms with Crippen LogP contribution in [0.4, 0.5) is 4.79 Å². The summed E-state index contributed by atoms with van der Waals surface area (Å²) < 4.78 is 29.3. The molecule has 0 aromatic carbocycles. The van der Waals surface area contributed by atoms with E-state index in [4.69, 9.17) is 23.7 Å². The molecular weight excluding hydrogens is 626 g/mol. The van der Waals surface area contributed by atoms with Crippen molar-refractivity contribution in [2.24, 2.45) is 0 Å². The minimum atomic E-state index is -0.416. The summed E-state index contributed by atoms with van der Waals surface area (Å²) in [5.41, 5.74) is -0.597. The highest BCUT2D eigenvalue weighted by Crippen LogP contribution is 2.19. The molecule has 0 aromatic rings. The van der Waals surface area contributed by atoms with Crippen LogP contribution in [0.5, 0.6) is 0 Å². The van der Waals surface area contributed by atoms with Gasteiger partial charge < -0.3 is 29.0 Å². The van der Waals surface area contributed by atoms with E-state index >= 15 is 0 Å². The highest BCUT2D eigenvalue weighted by Gasteiger charge is 2.22. The lowest BCUT2D eigenvalue weighted by Gasteiger charge is -2.28. The van der Waals surface area contributed by atoms with Gasteiger partial charge >= 0.3 is 6.09 Å². The van der Waals surface area contributed by atoms with E-state index in [1.807, 2.05) is 13.8 Å². The molecule has 0 saturated heterocycles. The zero-order valence-electron chi connectivity index (χ0n) is 34.7.